The quantitative estimate of drug-likeness (QED) is 0.239. The molecule has 0 spiro atoms. The summed E-state index contributed by atoms with van der Waals surface area (Å²) >= 11 is 0. The number of hydrogen-bond donors (Lipinski definition) is 2. The van der Waals surface area contributed by atoms with Crippen LogP contribution < -0.4 is 10.6 Å². The monoisotopic (exact) mass is 544 g/mol. The minimum atomic E-state index is -4.41. The van der Waals surface area contributed by atoms with E-state index in [-0.39, 0.29) is 36.4 Å². The van der Waals surface area contributed by atoms with Gasteiger partial charge in [0.05, 0.1) is 25.3 Å². The molecule has 1 unspecified atom stereocenters. The van der Waals surface area contributed by atoms with Crippen molar-refractivity contribution in [2.45, 2.75) is 19.2 Å². The van der Waals surface area contributed by atoms with Crippen molar-refractivity contribution in [1.82, 2.24) is 15.5 Å². The van der Waals surface area contributed by atoms with E-state index in [2.05, 4.69) is 15.6 Å². The molecule has 2 rings (SSSR count). The molecule has 11 heteroatoms. The van der Waals surface area contributed by atoms with E-state index in [1.165, 1.54) is 6.07 Å². The molecule has 0 aromatic heterocycles. The Kier molecular flexibility index (Phi) is 11.4. The fraction of sp³-hybridized carbons (Fsp3) is 0.579. The Balaban J connectivity index is 0.00000450. The van der Waals surface area contributed by atoms with Crippen LogP contribution in [0.1, 0.15) is 24.2 Å². The fourth-order valence-electron chi connectivity index (χ4n) is 2.88. The normalized spacial score (nSPS) is 17.3. The molecule has 0 saturated carbocycles. The summed E-state index contributed by atoms with van der Waals surface area (Å²) in [5, 5.41) is 5.81. The van der Waals surface area contributed by atoms with E-state index in [1.807, 2.05) is 11.8 Å². The van der Waals surface area contributed by atoms with E-state index >= 15 is 0 Å². The number of ether oxygens (including phenoxy) is 2. The first kappa shape index (κ1) is 26.4. The lowest BCUT2D eigenvalue weighted by molar-refractivity contribution is -0.137. The highest BCUT2D eigenvalue weighted by Gasteiger charge is 2.32. The van der Waals surface area contributed by atoms with Gasteiger partial charge in [-0.25, -0.2) is 4.99 Å². The third-order valence-electron chi connectivity index (χ3n) is 4.29. The molecule has 170 valence electrons. The summed E-state index contributed by atoms with van der Waals surface area (Å²) in [6, 6.07) is 5.15. The van der Waals surface area contributed by atoms with Gasteiger partial charge in [0.25, 0.3) is 0 Å². The van der Waals surface area contributed by atoms with E-state index < -0.39 is 17.8 Å². The first-order valence-electron chi connectivity index (χ1n) is 9.42. The average molecular weight is 544 g/mol. The maximum absolute atomic E-state index is 13.0. The molecule has 0 aliphatic carbocycles. The highest BCUT2D eigenvalue weighted by atomic mass is 127. The number of halogens is 4. The first-order valence-corrected chi connectivity index (χ1v) is 9.42. The second-order valence-electron chi connectivity index (χ2n) is 6.44. The van der Waals surface area contributed by atoms with Crippen LogP contribution in [0.15, 0.2) is 29.3 Å². The molecule has 2 N–H and O–H groups in total. The lowest BCUT2D eigenvalue weighted by atomic mass is 10.0. The Hall–Kier alpha value is -1.60. The fourth-order valence-corrected chi connectivity index (χ4v) is 2.88. The third kappa shape index (κ3) is 8.26. The van der Waals surface area contributed by atoms with E-state index in [1.54, 1.807) is 13.2 Å². The van der Waals surface area contributed by atoms with Crippen LogP contribution in [0.25, 0.3) is 0 Å². The summed E-state index contributed by atoms with van der Waals surface area (Å²) < 4.78 is 49.6. The standard InChI is InChI=1S/C19H27F3N4O3.HI/c1-3-23-18(25-12-17(27)24-7-9-28-2)26-8-10-29-16(13-26)14-5-4-6-15(11-14)19(20,21)22;/h4-6,11,16H,3,7-10,12-13H2,1-2H3,(H,23,25)(H,24,27);1H. The van der Waals surface area contributed by atoms with Gasteiger partial charge in [0.15, 0.2) is 5.96 Å². The molecule has 7 nitrogen and oxygen atoms in total. The van der Waals surface area contributed by atoms with Gasteiger partial charge in [0.1, 0.15) is 12.6 Å². The van der Waals surface area contributed by atoms with E-state index in [4.69, 9.17) is 9.47 Å². The molecule has 1 heterocycles. The summed E-state index contributed by atoms with van der Waals surface area (Å²) in [4.78, 5) is 18.1. The highest BCUT2D eigenvalue weighted by Crippen LogP contribution is 2.32. The minimum Gasteiger partial charge on any atom is -0.383 e. The zero-order chi connectivity index (χ0) is 21.3. The van der Waals surface area contributed by atoms with Crippen molar-refractivity contribution in [2.75, 3.05) is 53.0 Å². The summed E-state index contributed by atoms with van der Waals surface area (Å²) in [5.74, 6) is 0.287. The Morgan fingerprint density at radius 1 is 1.37 bits per heavy atom. The van der Waals surface area contributed by atoms with Crippen molar-refractivity contribution >= 4 is 35.8 Å². The van der Waals surface area contributed by atoms with Crippen LogP contribution in [0.3, 0.4) is 0 Å². The molecule has 1 atom stereocenters. The van der Waals surface area contributed by atoms with Crippen molar-refractivity contribution in [3.05, 3.63) is 35.4 Å². The van der Waals surface area contributed by atoms with Gasteiger partial charge in [-0.15, -0.1) is 24.0 Å². The zero-order valence-electron chi connectivity index (χ0n) is 17.0. The van der Waals surface area contributed by atoms with Gasteiger partial charge in [-0.3, -0.25) is 4.79 Å². The maximum Gasteiger partial charge on any atom is 0.416 e. The number of methoxy groups -OCH3 is 1. The number of amides is 1. The number of guanidine groups is 1. The second-order valence-corrected chi connectivity index (χ2v) is 6.44. The Labute approximate surface area is 191 Å². The van der Waals surface area contributed by atoms with E-state index in [9.17, 15) is 18.0 Å². The molecule has 1 amide bonds. The highest BCUT2D eigenvalue weighted by molar-refractivity contribution is 14.0. The van der Waals surface area contributed by atoms with Gasteiger partial charge < -0.3 is 25.0 Å². The Bertz CT molecular complexity index is 704. The smallest absolute Gasteiger partial charge is 0.383 e. The van der Waals surface area contributed by atoms with Crippen LogP contribution in [0, 0.1) is 0 Å². The number of nitrogens with zero attached hydrogens (tertiary/aromatic N) is 2. The van der Waals surface area contributed by atoms with Gasteiger partial charge in [-0.05, 0) is 24.6 Å². The number of morpholine rings is 1. The predicted octanol–water partition coefficient (Wildman–Crippen LogP) is 2.42. The summed E-state index contributed by atoms with van der Waals surface area (Å²) in [6.07, 6.45) is -4.93. The first-order chi connectivity index (χ1) is 13.8. The van der Waals surface area contributed by atoms with Crippen LogP contribution in [0.2, 0.25) is 0 Å². The SMILES string of the molecule is CCNC(=NCC(=O)NCCOC)N1CCOC(c2cccc(C(F)(F)F)c2)C1.I. The average Bonchev–Trinajstić information content (AvgIpc) is 2.71. The van der Waals surface area contributed by atoms with Gasteiger partial charge in [0.2, 0.25) is 5.91 Å². The molecule has 0 bridgehead atoms. The minimum absolute atomic E-state index is 0. The lowest BCUT2D eigenvalue weighted by Gasteiger charge is -2.35. The molecule has 1 aromatic carbocycles. The van der Waals surface area contributed by atoms with Crippen LogP contribution in [0.4, 0.5) is 13.2 Å². The number of carbonyl (C=O) groups excluding carboxylic acids is 1. The third-order valence-corrected chi connectivity index (χ3v) is 4.29. The summed E-state index contributed by atoms with van der Waals surface area (Å²) in [5.41, 5.74) is -0.248. The zero-order valence-corrected chi connectivity index (χ0v) is 19.3. The molecule has 1 saturated heterocycles. The lowest BCUT2D eigenvalue weighted by Crippen LogP contribution is -2.48. The number of hydrogen-bond acceptors (Lipinski definition) is 4. The maximum atomic E-state index is 13.0. The molecular weight excluding hydrogens is 516 g/mol. The van der Waals surface area contributed by atoms with Gasteiger partial charge in [0, 0.05) is 26.7 Å². The predicted molar refractivity (Wildman–Crippen MR) is 118 cm³/mol. The molecule has 1 fully saturated rings. The topological polar surface area (TPSA) is 75.2 Å². The summed E-state index contributed by atoms with van der Waals surface area (Å²) in [7, 11) is 1.55. The van der Waals surface area contributed by atoms with Crippen LogP contribution >= 0.6 is 24.0 Å². The Morgan fingerprint density at radius 2 is 2.13 bits per heavy atom. The molecular formula is C19H28F3IN4O3. The van der Waals surface area contributed by atoms with Gasteiger partial charge in [-0.2, -0.15) is 13.2 Å². The number of carbonyl (C=O) groups is 1. The number of aliphatic imine (C=N–C) groups is 1. The van der Waals surface area contributed by atoms with Crippen LogP contribution in [-0.2, 0) is 20.4 Å². The molecule has 1 aliphatic heterocycles. The van der Waals surface area contributed by atoms with Crippen molar-refractivity contribution in [3.63, 3.8) is 0 Å². The van der Waals surface area contributed by atoms with Gasteiger partial charge >= 0.3 is 6.18 Å². The van der Waals surface area contributed by atoms with Gasteiger partial charge in [-0.1, -0.05) is 12.1 Å². The van der Waals surface area contributed by atoms with Crippen LogP contribution in [-0.4, -0.2) is 69.8 Å². The van der Waals surface area contributed by atoms with E-state index in [0.717, 1.165) is 12.1 Å². The molecule has 1 aliphatic rings. The van der Waals surface area contributed by atoms with Crippen molar-refractivity contribution in [2.24, 2.45) is 4.99 Å². The van der Waals surface area contributed by atoms with Crippen LogP contribution in [0.5, 0.6) is 0 Å². The molecule has 30 heavy (non-hydrogen) atoms. The second kappa shape index (κ2) is 13.0. The number of nitrogens with one attached hydrogen (secondary N) is 2. The summed E-state index contributed by atoms with van der Waals surface area (Å²) in [6.45, 7) is 4.44. The van der Waals surface area contributed by atoms with E-state index in [0.29, 0.717) is 50.9 Å². The largest absolute Gasteiger partial charge is 0.416 e. The molecule has 0 radical (unpaired) electrons. The Morgan fingerprint density at radius 3 is 2.80 bits per heavy atom. The van der Waals surface area contributed by atoms with Crippen molar-refractivity contribution in [3.8, 4) is 0 Å². The van der Waals surface area contributed by atoms with Crippen molar-refractivity contribution in [1.29, 1.82) is 0 Å². The van der Waals surface area contributed by atoms with Crippen molar-refractivity contribution < 1.29 is 27.4 Å². The number of rotatable bonds is 7. The molecule has 1 aromatic rings. The number of benzene rings is 1. The number of alkyl halides is 3.